The molecule has 0 bridgehead atoms. The maximum absolute atomic E-state index is 13.5. The molecule has 2 aromatic rings. The van der Waals surface area contributed by atoms with Crippen molar-refractivity contribution in [1.29, 1.82) is 0 Å². The van der Waals surface area contributed by atoms with Gasteiger partial charge >= 0.3 is 12.1 Å². The van der Waals surface area contributed by atoms with Gasteiger partial charge in [-0.15, -0.1) is 0 Å². The fourth-order valence-electron chi connectivity index (χ4n) is 4.60. The molecule has 5 amide bonds. The van der Waals surface area contributed by atoms with Gasteiger partial charge in [0.25, 0.3) is 11.8 Å². The molecular weight excluding hydrogens is 452 g/mol. The number of hydrogen-bond donors (Lipinski definition) is 4. The number of rotatable bonds is 7. The Bertz CT molecular complexity index is 1200. The van der Waals surface area contributed by atoms with Gasteiger partial charge in [-0.3, -0.25) is 14.9 Å². The van der Waals surface area contributed by atoms with Crippen molar-refractivity contribution in [2.75, 3.05) is 13.1 Å². The van der Waals surface area contributed by atoms with Crippen LogP contribution in [0.15, 0.2) is 42.5 Å². The smallest absolute Gasteiger partial charge is 0.405 e. The number of benzene rings is 2. The zero-order chi connectivity index (χ0) is 25.4. The zero-order valence-corrected chi connectivity index (χ0v) is 19.8. The fraction of sp³-hybridized carbons (Fsp3) is 0.360. The second kappa shape index (κ2) is 8.94. The number of aryl methyl sites for hydroxylation is 2. The minimum absolute atomic E-state index is 0.0799. The van der Waals surface area contributed by atoms with Crippen LogP contribution >= 0.6 is 0 Å². The van der Waals surface area contributed by atoms with Crippen molar-refractivity contribution < 1.29 is 29.0 Å². The number of carboxylic acid groups (broad SMARTS) is 1. The van der Waals surface area contributed by atoms with E-state index < -0.39 is 35.0 Å². The number of carbonyl (C=O) groups is 4. The van der Waals surface area contributed by atoms with Crippen LogP contribution in [0.2, 0.25) is 0 Å². The lowest BCUT2D eigenvalue weighted by molar-refractivity contribution is -0.135. The molecule has 35 heavy (non-hydrogen) atoms. The molecule has 0 radical (unpaired) electrons. The maximum Gasteiger partial charge on any atom is 0.405 e. The summed E-state index contributed by atoms with van der Waals surface area (Å²) in [7, 11) is 0. The van der Waals surface area contributed by atoms with Crippen molar-refractivity contribution in [2.45, 2.75) is 44.9 Å². The van der Waals surface area contributed by atoms with E-state index in [2.05, 4.69) is 22.0 Å². The van der Waals surface area contributed by atoms with Gasteiger partial charge in [-0.2, -0.15) is 0 Å². The minimum atomic E-state index is -1.51. The van der Waals surface area contributed by atoms with E-state index in [0.29, 0.717) is 17.9 Å². The molecule has 0 saturated carbocycles. The summed E-state index contributed by atoms with van der Waals surface area (Å²) in [5.41, 5.74) is 0.992. The number of ether oxygens (including phenoxy) is 1. The van der Waals surface area contributed by atoms with Gasteiger partial charge in [0.2, 0.25) is 0 Å². The van der Waals surface area contributed by atoms with Crippen molar-refractivity contribution in [2.24, 2.45) is 0 Å². The van der Waals surface area contributed by atoms with Gasteiger partial charge in [0.1, 0.15) is 23.4 Å². The minimum Gasteiger partial charge on any atom is -0.489 e. The van der Waals surface area contributed by atoms with E-state index in [-0.39, 0.29) is 19.5 Å². The molecule has 2 atom stereocenters. The van der Waals surface area contributed by atoms with E-state index in [1.807, 2.05) is 26.0 Å². The monoisotopic (exact) mass is 480 g/mol. The van der Waals surface area contributed by atoms with Crippen LogP contribution in [0.25, 0.3) is 0 Å². The standard InChI is InChI=1S/C25H28N4O6/c1-15-4-5-16(2)17(12-15)13-35-19-8-6-18(7-9-19)25(28-23(33)34)10-11-29(21(25)31)14-24(3)20(30)26-22(32)27-24/h4-9,12,28H,10-11,13-14H2,1-3H3,(H,33,34)(H2,26,27,30,32). The average molecular weight is 481 g/mol. The van der Waals surface area contributed by atoms with Crippen LogP contribution < -0.4 is 20.7 Å². The fourth-order valence-corrected chi connectivity index (χ4v) is 4.60. The van der Waals surface area contributed by atoms with Crippen LogP contribution in [0.5, 0.6) is 5.75 Å². The van der Waals surface area contributed by atoms with Crippen LogP contribution in [0, 0.1) is 13.8 Å². The summed E-state index contributed by atoms with van der Waals surface area (Å²) in [4.78, 5) is 50.3. The molecule has 2 saturated heterocycles. The van der Waals surface area contributed by atoms with Crippen LogP contribution in [0.4, 0.5) is 9.59 Å². The summed E-state index contributed by atoms with van der Waals surface area (Å²) >= 11 is 0. The molecule has 2 heterocycles. The number of urea groups is 1. The largest absolute Gasteiger partial charge is 0.489 e. The Morgan fingerprint density at radius 1 is 1.14 bits per heavy atom. The van der Waals surface area contributed by atoms with E-state index in [4.69, 9.17) is 4.74 Å². The predicted molar refractivity (Wildman–Crippen MR) is 126 cm³/mol. The lowest BCUT2D eigenvalue weighted by Gasteiger charge is -2.31. The van der Waals surface area contributed by atoms with Crippen LogP contribution in [-0.4, -0.2) is 52.6 Å². The SMILES string of the molecule is Cc1ccc(C)c(COc2ccc(C3(NC(=O)O)CCN(CC4(C)NC(=O)NC4=O)C3=O)cc2)c1. The van der Waals surface area contributed by atoms with Crippen LogP contribution in [0.3, 0.4) is 0 Å². The Hall–Kier alpha value is -4.08. The molecule has 10 heteroatoms. The molecule has 4 N–H and O–H groups in total. The van der Waals surface area contributed by atoms with Gasteiger partial charge in [0, 0.05) is 13.0 Å². The third-order valence-corrected chi connectivity index (χ3v) is 6.60. The number of hydrogen-bond acceptors (Lipinski definition) is 5. The highest BCUT2D eigenvalue weighted by atomic mass is 16.5. The number of nitrogens with one attached hydrogen (secondary N) is 3. The molecule has 0 aliphatic carbocycles. The molecular formula is C25H28N4O6. The second-order valence-electron chi connectivity index (χ2n) is 9.30. The molecule has 184 valence electrons. The molecule has 0 aromatic heterocycles. The second-order valence-corrected chi connectivity index (χ2v) is 9.30. The van der Waals surface area contributed by atoms with Crippen LogP contribution in [0.1, 0.15) is 35.6 Å². The van der Waals surface area contributed by atoms with Gasteiger partial charge in [0.05, 0.1) is 6.54 Å². The molecule has 2 aliphatic rings. The molecule has 4 rings (SSSR count). The number of likely N-dealkylation sites (tertiary alicyclic amines) is 1. The topological polar surface area (TPSA) is 137 Å². The summed E-state index contributed by atoms with van der Waals surface area (Å²) < 4.78 is 5.91. The lowest BCUT2D eigenvalue weighted by atomic mass is 9.88. The molecule has 2 aliphatic heterocycles. The summed E-state index contributed by atoms with van der Waals surface area (Å²) in [6.07, 6.45) is -1.17. The summed E-state index contributed by atoms with van der Waals surface area (Å²) in [6, 6.07) is 12.3. The van der Waals surface area contributed by atoms with Crippen molar-refractivity contribution in [1.82, 2.24) is 20.9 Å². The van der Waals surface area contributed by atoms with Gasteiger partial charge in [-0.25, -0.2) is 9.59 Å². The first-order chi connectivity index (χ1) is 16.5. The number of imide groups is 1. The molecule has 0 spiro atoms. The van der Waals surface area contributed by atoms with Crippen molar-refractivity contribution in [3.8, 4) is 5.75 Å². The first-order valence-corrected chi connectivity index (χ1v) is 11.3. The van der Waals surface area contributed by atoms with Crippen LogP contribution in [-0.2, 0) is 21.7 Å². The van der Waals surface area contributed by atoms with E-state index >= 15 is 0 Å². The highest BCUT2D eigenvalue weighted by Gasteiger charge is 2.53. The normalized spacial score (nSPS) is 23.7. The quantitative estimate of drug-likeness (QED) is 0.449. The highest BCUT2D eigenvalue weighted by molar-refractivity contribution is 6.07. The number of amides is 5. The van der Waals surface area contributed by atoms with E-state index in [9.17, 15) is 24.3 Å². The Morgan fingerprint density at radius 2 is 1.86 bits per heavy atom. The Labute approximate surface area is 202 Å². The summed E-state index contributed by atoms with van der Waals surface area (Å²) in [5.74, 6) is -0.441. The van der Waals surface area contributed by atoms with Gasteiger partial charge in [-0.1, -0.05) is 35.9 Å². The Morgan fingerprint density at radius 3 is 2.49 bits per heavy atom. The first kappa shape index (κ1) is 24.1. The third-order valence-electron chi connectivity index (χ3n) is 6.60. The van der Waals surface area contributed by atoms with Gasteiger partial charge in [-0.05, 0) is 49.6 Å². The van der Waals surface area contributed by atoms with E-state index in [1.54, 1.807) is 24.3 Å². The van der Waals surface area contributed by atoms with E-state index in [1.165, 1.54) is 11.8 Å². The van der Waals surface area contributed by atoms with Gasteiger partial charge < -0.3 is 25.4 Å². The third kappa shape index (κ3) is 4.64. The lowest BCUT2D eigenvalue weighted by Crippen LogP contribution is -2.56. The summed E-state index contributed by atoms with van der Waals surface area (Å²) in [6.45, 7) is 6.06. The van der Waals surface area contributed by atoms with E-state index in [0.717, 1.165) is 16.7 Å². The molecule has 2 aromatic carbocycles. The zero-order valence-electron chi connectivity index (χ0n) is 19.8. The Balaban J connectivity index is 1.52. The number of nitrogens with zero attached hydrogens (tertiary/aromatic N) is 1. The highest BCUT2D eigenvalue weighted by Crippen LogP contribution is 2.35. The number of carbonyl (C=O) groups excluding carboxylic acids is 3. The first-order valence-electron chi connectivity index (χ1n) is 11.3. The average Bonchev–Trinajstić information content (AvgIpc) is 3.23. The van der Waals surface area contributed by atoms with Crippen molar-refractivity contribution >= 4 is 23.9 Å². The molecule has 10 nitrogen and oxygen atoms in total. The maximum atomic E-state index is 13.5. The van der Waals surface area contributed by atoms with Crippen molar-refractivity contribution in [3.05, 3.63) is 64.7 Å². The predicted octanol–water partition coefficient (Wildman–Crippen LogP) is 2.18. The molecule has 2 fully saturated rings. The summed E-state index contributed by atoms with van der Waals surface area (Å²) in [5, 5.41) is 16.6. The van der Waals surface area contributed by atoms with Crippen molar-refractivity contribution in [3.63, 3.8) is 0 Å². The van der Waals surface area contributed by atoms with Gasteiger partial charge in [0.15, 0.2) is 0 Å². The Kier molecular flexibility index (Phi) is 6.14. The molecule has 2 unspecified atom stereocenters.